The van der Waals surface area contributed by atoms with Gasteiger partial charge < -0.3 is 4.74 Å². The van der Waals surface area contributed by atoms with E-state index in [0.717, 1.165) is 11.1 Å². The van der Waals surface area contributed by atoms with Gasteiger partial charge in [0.2, 0.25) is 17.6 Å². The highest BCUT2D eigenvalue weighted by Crippen LogP contribution is 2.38. The number of aromatic nitrogens is 1. The summed E-state index contributed by atoms with van der Waals surface area (Å²) >= 11 is 0. The first-order valence-electron chi connectivity index (χ1n) is 14.1. The molecule has 0 spiro atoms. The molecule has 2 heterocycles. The van der Waals surface area contributed by atoms with Gasteiger partial charge in [0.1, 0.15) is 0 Å². The largest absolute Gasteiger partial charge is 0.451 e. The minimum absolute atomic E-state index is 0.166. The summed E-state index contributed by atoms with van der Waals surface area (Å²) < 4.78 is 5.68. The Morgan fingerprint density at radius 3 is 2.10 bits per heavy atom. The molecule has 3 atom stereocenters. The minimum atomic E-state index is -0.981. The molecular weight excluding hydrogens is 528 g/mol. The number of benzene rings is 3. The first kappa shape index (κ1) is 27.3. The van der Waals surface area contributed by atoms with Crippen LogP contribution in [-0.4, -0.2) is 34.7 Å². The summed E-state index contributed by atoms with van der Waals surface area (Å²) in [4.78, 5) is 58.6. The van der Waals surface area contributed by atoms with E-state index in [0.29, 0.717) is 51.8 Å². The van der Waals surface area contributed by atoms with Crippen LogP contribution < -0.4 is 4.90 Å². The number of imide groups is 1. The van der Waals surface area contributed by atoms with E-state index in [2.05, 4.69) is 0 Å². The number of rotatable bonds is 6. The van der Waals surface area contributed by atoms with Gasteiger partial charge in [-0.25, -0.2) is 9.78 Å². The zero-order valence-corrected chi connectivity index (χ0v) is 23.7. The molecule has 0 bridgehead atoms. The van der Waals surface area contributed by atoms with Crippen molar-refractivity contribution in [2.45, 2.75) is 39.7 Å². The standard InChI is InChI=1S/C35H30N2O5/c1-20-8-11-24(12-9-20)32(38)22(3)42-35(41)29-19-31(36-30-17-10-21(2)18-28(29)30)23-13-15-25(16-14-23)37-33(39)26-6-4-5-7-27(26)34(37)40/h4-5,8-19,22,26-27H,6-7H2,1-3H3/t22-,26-,27+/m1/s1. The summed E-state index contributed by atoms with van der Waals surface area (Å²) in [5, 5.41) is 0.625. The molecule has 1 aromatic heterocycles. The number of aryl methyl sites for hydroxylation is 2. The SMILES string of the molecule is Cc1ccc(C(=O)[C@@H](C)OC(=O)c2cc(-c3ccc(N4C(=O)[C@H]5CC=CC[C@H]5C4=O)cc3)nc3ccc(C)cc23)cc1. The van der Waals surface area contributed by atoms with Crippen LogP contribution >= 0.6 is 0 Å². The number of fused-ring (bicyclic) bond motifs is 2. The van der Waals surface area contributed by atoms with Crippen LogP contribution in [0.1, 0.15) is 51.6 Å². The Morgan fingerprint density at radius 2 is 1.45 bits per heavy atom. The molecule has 210 valence electrons. The number of hydrogen-bond donors (Lipinski definition) is 0. The summed E-state index contributed by atoms with van der Waals surface area (Å²) in [7, 11) is 0. The van der Waals surface area contributed by atoms with E-state index in [1.807, 2.05) is 56.3 Å². The van der Waals surface area contributed by atoms with Crippen LogP contribution in [0.15, 0.2) is 84.9 Å². The fraction of sp³-hybridized carbons (Fsp3) is 0.229. The molecule has 4 aromatic rings. The molecule has 2 aliphatic rings. The molecule has 2 amide bonds. The highest BCUT2D eigenvalue weighted by atomic mass is 16.5. The number of carbonyl (C=O) groups excluding carboxylic acids is 4. The number of esters is 1. The Kier molecular flexibility index (Phi) is 7.02. The summed E-state index contributed by atoms with van der Waals surface area (Å²) in [5.41, 5.74) is 5.11. The predicted octanol–water partition coefficient (Wildman–Crippen LogP) is 6.40. The van der Waals surface area contributed by atoms with Gasteiger partial charge in [-0.3, -0.25) is 19.3 Å². The van der Waals surface area contributed by atoms with Gasteiger partial charge in [0, 0.05) is 16.5 Å². The molecule has 1 fully saturated rings. The van der Waals surface area contributed by atoms with Crippen LogP contribution in [0.5, 0.6) is 0 Å². The van der Waals surface area contributed by atoms with Crippen LogP contribution in [0, 0.1) is 25.7 Å². The highest BCUT2D eigenvalue weighted by Gasteiger charge is 2.47. The molecule has 1 aliphatic heterocycles. The lowest BCUT2D eigenvalue weighted by Gasteiger charge is -2.16. The maximum Gasteiger partial charge on any atom is 0.339 e. The van der Waals surface area contributed by atoms with Crippen LogP contribution in [0.3, 0.4) is 0 Å². The molecule has 1 aliphatic carbocycles. The Labute approximate surface area is 243 Å². The average Bonchev–Trinajstić information content (AvgIpc) is 3.26. The number of nitrogens with zero attached hydrogens (tertiary/aromatic N) is 2. The average molecular weight is 559 g/mol. The number of hydrogen-bond acceptors (Lipinski definition) is 6. The Balaban J connectivity index is 1.30. The molecule has 7 heteroatoms. The smallest absolute Gasteiger partial charge is 0.339 e. The van der Waals surface area contributed by atoms with E-state index in [9.17, 15) is 19.2 Å². The first-order valence-corrected chi connectivity index (χ1v) is 14.1. The van der Waals surface area contributed by atoms with Gasteiger partial charge in [0.15, 0.2) is 6.10 Å². The number of ketones is 1. The lowest BCUT2D eigenvalue weighted by molar-refractivity contribution is -0.122. The minimum Gasteiger partial charge on any atom is -0.451 e. The normalized spacial score (nSPS) is 18.7. The number of Topliss-reactive ketones (excluding diaryl/α,β-unsaturated/α-hetero) is 1. The van der Waals surface area contributed by atoms with Crippen molar-refractivity contribution in [1.82, 2.24) is 4.98 Å². The number of allylic oxidation sites excluding steroid dienone is 2. The molecule has 0 unspecified atom stereocenters. The van der Waals surface area contributed by atoms with E-state index >= 15 is 0 Å². The second kappa shape index (κ2) is 10.8. The summed E-state index contributed by atoms with van der Waals surface area (Å²) in [6.45, 7) is 5.44. The monoisotopic (exact) mass is 558 g/mol. The molecular formula is C35H30N2O5. The molecule has 6 rings (SSSR count). The Bertz CT molecular complexity index is 1750. The van der Waals surface area contributed by atoms with E-state index in [-0.39, 0.29) is 29.4 Å². The van der Waals surface area contributed by atoms with Crippen LogP contribution in [0.2, 0.25) is 0 Å². The van der Waals surface area contributed by atoms with Crippen LogP contribution in [0.4, 0.5) is 5.69 Å². The topological polar surface area (TPSA) is 93.6 Å². The van der Waals surface area contributed by atoms with E-state index in [1.165, 1.54) is 4.90 Å². The van der Waals surface area contributed by atoms with Crippen molar-refractivity contribution in [2.24, 2.45) is 11.8 Å². The number of amides is 2. The predicted molar refractivity (Wildman–Crippen MR) is 160 cm³/mol. The zero-order valence-electron chi connectivity index (χ0n) is 23.7. The molecule has 0 N–H and O–H groups in total. The number of carbonyl (C=O) groups is 4. The van der Waals surface area contributed by atoms with Crippen molar-refractivity contribution in [1.29, 1.82) is 0 Å². The number of ether oxygens (including phenoxy) is 1. The fourth-order valence-electron chi connectivity index (χ4n) is 5.72. The third-order valence-corrected chi connectivity index (χ3v) is 8.10. The van der Waals surface area contributed by atoms with Crippen molar-refractivity contribution in [3.05, 3.63) is 107 Å². The number of anilines is 1. The van der Waals surface area contributed by atoms with Crippen molar-refractivity contribution in [3.63, 3.8) is 0 Å². The third kappa shape index (κ3) is 4.91. The first-order chi connectivity index (χ1) is 20.2. The quantitative estimate of drug-likeness (QED) is 0.118. The van der Waals surface area contributed by atoms with Crippen molar-refractivity contribution < 1.29 is 23.9 Å². The molecule has 0 saturated carbocycles. The zero-order chi connectivity index (χ0) is 29.5. The van der Waals surface area contributed by atoms with E-state index in [1.54, 1.807) is 49.4 Å². The highest BCUT2D eigenvalue weighted by molar-refractivity contribution is 6.22. The van der Waals surface area contributed by atoms with Gasteiger partial charge in [-0.15, -0.1) is 0 Å². The van der Waals surface area contributed by atoms with Gasteiger partial charge in [-0.1, -0.05) is 65.7 Å². The molecule has 3 aromatic carbocycles. The van der Waals surface area contributed by atoms with Crippen LogP contribution in [0.25, 0.3) is 22.2 Å². The molecule has 0 radical (unpaired) electrons. The second-order valence-electron chi connectivity index (χ2n) is 11.1. The molecule has 7 nitrogen and oxygen atoms in total. The van der Waals surface area contributed by atoms with Gasteiger partial charge in [0.05, 0.1) is 34.3 Å². The third-order valence-electron chi connectivity index (χ3n) is 8.10. The molecule has 1 saturated heterocycles. The Hall–Kier alpha value is -4.91. The van der Waals surface area contributed by atoms with Gasteiger partial charge in [0.25, 0.3) is 0 Å². The van der Waals surface area contributed by atoms with Crippen LogP contribution in [-0.2, 0) is 14.3 Å². The van der Waals surface area contributed by atoms with Crippen molar-refractivity contribution >= 4 is 40.2 Å². The van der Waals surface area contributed by atoms with Gasteiger partial charge in [-0.2, -0.15) is 0 Å². The lowest BCUT2D eigenvalue weighted by Crippen LogP contribution is -2.30. The van der Waals surface area contributed by atoms with Crippen molar-refractivity contribution in [2.75, 3.05) is 4.90 Å². The summed E-state index contributed by atoms with van der Waals surface area (Å²) in [5.74, 6) is -1.84. The fourth-order valence-corrected chi connectivity index (χ4v) is 5.72. The molecule has 42 heavy (non-hydrogen) atoms. The van der Waals surface area contributed by atoms with Gasteiger partial charge in [-0.05, 0) is 63.9 Å². The number of pyridine rings is 1. The van der Waals surface area contributed by atoms with E-state index < -0.39 is 12.1 Å². The summed E-state index contributed by atoms with van der Waals surface area (Å²) in [6, 6.07) is 21.5. The second-order valence-corrected chi connectivity index (χ2v) is 11.1. The van der Waals surface area contributed by atoms with E-state index in [4.69, 9.17) is 9.72 Å². The maximum atomic E-state index is 13.5. The maximum absolute atomic E-state index is 13.5. The lowest BCUT2D eigenvalue weighted by atomic mass is 9.85. The van der Waals surface area contributed by atoms with Crippen molar-refractivity contribution in [3.8, 4) is 11.3 Å². The Morgan fingerprint density at radius 1 is 0.833 bits per heavy atom. The van der Waals surface area contributed by atoms with Gasteiger partial charge >= 0.3 is 5.97 Å². The summed E-state index contributed by atoms with van der Waals surface area (Å²) in [6.07, 6.45) is 4.11.